The molecule has 1 aliphatic rings. The summed E-state index contributed by atoms with van der Waals surface area (Å²) in [6, 6.07) is 7.39. The number of benzene rings is 1. The molecule has 0 unspecified atom stereocenters. The van der Waals surface area contributed by atoms with E-state index >= 15 is 0 Å². The van der Waals surface area contributed by atoms with Crippen LogP contribution in [0.15, 0.2) is 24.3 Å². The van der Waals surface area contributed by atoms with Crippen LogP contribution in [-0.2, 0) is 9.59 Å². The molecule has 7 heteroatoms. The first-order chi connectivity index (χ1) is 12.3. The third-order valence-corrected chi connectivity index (χ3v) is 4.22. The SMILES string of the molecule is Cc1cccc(C(=O)NCC(=O)N2CCN(CC(=O)NC(C)C)CC2)c1. The van der Waals surface area contributed by atoms with Crippen LogP contribution in [0, 0.1) is 6.92 Å². The van der Waals surface area contributed by atoms with E-state index in [4.69, 9.17) is 0 Å². The Morgan fingerprint density at radius 1 is 1.12 bits per heavy atom. The second kappa shape index (κ2) is 9.33. The van der Waals surface area contributed by atoms with E-state index in [9.17, 15) is 14.4 Å². The molecule has 2 rings (SSSR count). The molecular formula is C19H28N4O3. The number of carbonyl (C=O) groups is 3. The molecule has 2 N–H and O–H groups in total. The van der Waals surface area contributed by atoms with Crippen LogP contribution in [0.1, 0.15) is 29.8 Å². The number of piperazine rings is 1. The van der Waals surface area contributed by atoms with Crippen LogP contribution in [0.3, 0.4) is 0 Å². The normalized spacial score (nSPS) is 15.0. The molecule has 0 aliphatic carbocycles. The zero-order valence-electron chi connectivity index (χ0n) is 15.7. The fraction of sp³-hybridized carbons (Fsp3) is 0.526. The molecule has 7 nitrogen and oxygen atoms in total. The van der Waals surface area contributed by atoms with Crippen molar-refractivity contribution in [1.29, 1.82) is 0 Å². The summed E-state index contributed by atoms with van der Waals surface area (Å²) in [5, 5.41) is 5.55. The predicted molar refractivity (Wildman–Crippen MR) is 99.8 cm³/mol. The van der Waals surface area contributed by atoms with E-state index in [0.29, 0.717) is 38.3 Å². The largest absolute Gasteiger partial charge is 0.353 e. The van der Waals surface area contributed by atoms with Gasteiger partial charge in [-0.15, -0.1) is 0 Å². The highest BCUT2D eigenvalue weighted by molar-refractivity contribution is 5.96. The Balaban J connectivity index is 1.73. The molecule has 0 radical (unpaired) electrons. The lowest BCUT2D eigenvalue weighted by atomic mass is 10.1. The highest BCUT2D eigenvalue weighted by Gasteiger charge is 2.22. The molecule has 0 bridgehead atoms. The van der Waals surface area contributed by atoms with Crippen molar-refractivity contribution in [2.45, 2.75) is 26.8 Å². The monoisotopic (exact) mass is 360 g/mol. The zero-order valence-corrected chi connectivity index (χ0v) is 15.7. The Labute approximate surface area is 154 Å². The molecule has 1 fully saturated rings. The molecule has 1 aromatic rings. The van der Waals surface area contributed by atoms with Crippen LogP contribution in [-0.4, -0.2) is 72.8 Å². The van der Waals surface area contributed by atoms with Gasteiger partial charge in [0.05, 0.1) is 13.1 Å². The number of rotatable bonds is 6. The van der Waals surface area contributed by atoms with E-state index in [-0.39, 0.29) is 30.3 Å². The highest BCUT2D eigenvalue weighted by atomic mass is 16.2. The summed E-state index contributed by atoms with van der Waals surface area (Å²) >= 11 is 0. The van der Waals surface area contributed by atoms with Crippen molar-refractivity contribution in [3.8, 4) is 0 Å². The van der Waals surface area contributed by atoms with Gasteiger partial charge in [0.15, 0.2) is 0 Å². The molecule has 0 aromatic heterocycles. The Bertz CT molecular complexity index is 652. The maximum atomic E-state index is 12.3. The summed E-state index contributed by atoms with van der Waals surface area (Å²) in [5.74, 6) is -0.339. The van der Waals surface area contributed by atoms with Gasteiger partial charge in [-0.25, -0.2) is 0 Å². The van der Waals surface area contributed by atoms with Crippen molar-refractivity contribution in [3.05, 3.63) is 35.4 Å². The van der Waals surface area contributed by atoms with Crippen LogP contribution < -0.4 is 10.6 Å². The molecule has 1 heterocycles. The van der Waals surface area contributed by atoms with Crippen LogP contribution in [0.25, 0.3) is 0 Å². The number of nitrogens with zero attached hydrogens (tertiary/aromatic N) is 2. The minimum absolute atomic E-state index is 0.00481. The quantitative estimate of drug-likeness (QED) is 0.769. The lowest BCUT2D eigenvalue weighted by molar-refractivity contribution is -0.132. The Morgan fingerprint density at radius 2 is 1.81 bits per heavy atom. The maximum Gasteiger partial charge on any atom is 0.251 e. The van der Waals surface area contributed by atoms with Crippen molar-refractivity contribution < 1.29 is 14.4 Å². The fourth-order valence-corrected chi connectivity index (χ4v) is 2.88. The summed E-state index contributed by atoms with van der Waals surface area (Å²) < 4.78 is 0. The molecule has 1 saturated heterocycles. The first-order valence-electron chi connectivity index (χ1n) is 8.99. The van der Waals surface area contributed by atoms with E-state index in [1.165, 1.54) is 0 Å². The third-order valence-electron chi connectivity index (χ3n) is 4.22. The first-order valence-corrected chi connectivity index (χ1v) is 8.99. The first kappa shape index (κ1) is 19.9. The van der Waals surface area contributed by atoms with Crippen LogP contribution >= 0.6 is 0 Å². The number of aryl methyl sites for hydroxylation is 1. The number of hydrogen-bond donors (Lipinski definition) is 2. The van der Waals surface area contributed by atoms with Gasteiger partial charge in [-0.2, -0.15) is 0 Å². The smallest absolute Gasteiger partial charge is 0.251 e. The van der Waals surface area contributed by atoms with Gasteiger partial charge >= 0.3 is 0 Å². The van der Waals surface area contributed by atoms with Gasteiger partial charge in [0, 0.05) is 37.8 Å². The van der Waals surface area contributed by atoms with E-state index in [1.807, 2.05) is 37.8 Å². The van der Waals surface area contributed by atoms with Gasteiger partial charge in [-0.1, -0.05) is 17.7 Å². The van der Waals surface area contributed by atoms with E-state index in [1.54, 1.807) is 17.0 Å². The molecule has 0 atom stereocenters. The van der Waals surface area contributed by atoms with Gasteiger partial charge in [-0.3, -0.25) is 19.3 Å². The predicted octanol–water partition coefficient (Wildman–Crippen LogP) is 0.394. The molecule has 3 amide bonds. The second-order valence-corrected chi connectivity index (χ2v) is 6.93. The Kier molecular flexibility index (Phi) is 7.15. The number of hydrogen-bond acceptors (Lipinski definition) is 4. The van der Waals surface area contributed by atoms with Crippen LogP contribution in [0.2, 0.25) is 0 Å². The average molecular weight is 360 g/mol. The Hall–Kier alpha value is -2.41. The molecule has 0 saturated carbocycles. The van der Waals surface area contributed by atoms with Gasteiger partial charge in [0.25, 0.3) is 5.91 Å². The summed E-state index contributed by atoms with van der Waals surface area (Å²) in [6.07, 6.45) is 0. The topological polar surface area (TPSA) is 81.8 Å². The fourth-order valence-electron chi connectivity index (χ4n) is 2.88. The van der Waals surface area contributed by atoms with Crippen molar-refractivity contribution in [1.82, 2.24) is 20.4 Å². The lowest BCUT2D eigenvalue weighted by Gasteiger charge is -2.34. The number of carbonyl (C=O) groups excluding carboxylic acids is 3. The van der Waals surface area contributed by atoms with Gasteiger partial charge < -0.3 is 15.5 Å². The number of amides is 3. The van der Waals surface area contributed by atoms with E-state index < -0.39 is 0 Å². The molecule has 1 aromatic carbocycles. The van der Waals surface area contributed by atoms with Crippen molar-refractivity contribution in [3.63, 3.8) is 0 Å². The lowest BCUT2D eigenvalue weighted by Crippen LogP contribution is -2.53. The molecule has 142 valence electrons. The average Bonchev–Trinajstić information content (AvgIpc) is 2.59. The standard InChI is InChI=1S/C19H28N4O3/c1-14(2)21-17(24)13-22-7-9-23(10-8-22)18(25)12-20-19(26)16-6-4-5-15(3)11-16/h4-6,11,14H,7-10,12-13H2,1-3H3,(H,20,26)(H,21,24). The maximum absolute atomic E-state index is 12.3. The molecule has 1 aliphatic heterocycles. The van der Waals surface area contributed by atoms with Gasteiger partial charge in [0.1, 0.15) is 0 Å². The minimum atomic E-state index is -0.244. The van der Waals surface area contributed by atoms with Gasteiger partial charge in [0.2, 0.25) is 11.8 Å². The van der Waals surface area contributed by atoms with Crippen LogP contribution in [0.5, 0.6) is 0 Å². The van der Waals surface area contributed by atoms with Crippen LogP contribution in [0.4, 0.5) is 0 Å². The zero-order chi connectivity index (χ0) is 19.1. The van der Waals surface area contributed by atoms with E-state index in [2.05, 4.69) is 10.6 Å². The molecule has 0 spiro atoms. The number of nitrogens with one attached hydrogen (secondary N) is 2. The summed E-state index contributed by atoms with van der Waals surface area (Å²) in [6.45, 7) is 8.56. The highest BCUT2D eigenvalue weighted by Crippen LogP contribution is 2.04. The second-order valence-electron chi connectivity index (χ2n) is 6.93. The van der Waals surface area contributed by atoms with Crippen molar-refractivity contribution in [2.24, 2.45) is 0 Å². The Morgan fingerprint density at radius 3 is 2.42 bits per heavy atom. The molecule has 26 heavy (non-hydrogen) atoms. The van der Waals surface area contributed by atoms with Gasteiger partial charge in [-0.05, 0) is 32.9 Å². The molecular weight excluding hydrogens is 332 g/mol. The van der Waals surface area contributed by atoms with Crippen molar-refractivity contribution >= 4 is 17.7 Å². The third kappa shape index (κ3) is 6.15. The summed E-state index contributed by atoms with van der Waals surface area (Å²) in [4.78, 5) is 40.0. The minimum Gasteiger partial charge on any atom is -0.353 e. The van der Waals surface area contributed by atoms with E-state index in [0.717, 1.165) is 5.56 Å². The summed E-state index contributed by atoms with van der Waals surface area (Å²) in [7, 11) is 0. The van der Waals surface area contributed by atoms with Crippen molar-refractivity contribution in [2.75, 3.05) is 39.3 Å². The summed E-state index contributed by atoms with van der Waals surface area (Å²) in [5.41, 5.74) is 1.56.